The van der Waals surface area contributed by atoms with Crippen molar-refractivity contribution in [1.82, 2.24) is 0 Å². The van der Waals surface area contributed by atoms with Crippen LogP contribution in [0, 0.1) is 5.41 Å². The van der Waals surface area contributed by atoms with E-state index in [0.29, 0.717) is 10.7 Å². The first kappa shape index (κ1) is 14.3. The molecule has 3 nitrogen and oxygen atoms in total. The van der Waals surface area contributed by atoms with Crippen molar-refractivity contribution in [3.63, 3.8) is 0 Å². The van der Waals surface area contributed by atoms with Gasteiger partial charge in [-0.1, -0.05) is 38.4 Å². The van der Waals surface area contributed by atoms with Gasteiger partial charge >= 0.3 is 0 Å². The summed E-state index contributed by atoms with van der Waals surface area (Å²) in [6.45, 7) is 6.39. The van der Waals surface area contributed by atoms with Crippen LogP contribution in [-0.2, 0) is 16.4 Å². The summed E-state index contributed by atoms with van der Waals surface area (Å²) in [4.78, 5) is 0. The Kier molecular flexibility index (Phi) is 4.10. The standard InChI is InChI=1S/C12H18ClNO2S/c1-12(2,3)8-9-5-6-10(7-11(9)13)14-17(4,15)16/h5-7,14H,8H2,1-4H3. The molecule has 0 saturated carbocycles. The minimum Gasteiger partial charge on any atom is -0.284 e. The highest BCUT2D eigenvalue weighted by atomic mass is 35.5. The van der Waals surface area contributed by atoms with Crippen LogP contribution in [0.2, 0.25) is 5.02 Å². The molecular weight excluding hydrogens is 258 g/mol. The highest BCUT2D eigenvalue weighted by molar-refractivity contribution is 7.92. The van der Waals surface area contributed by atoms with Gasteiger partial charge in [0.25, 0.3) is 0 Å². The molecule has 1 N–H and O–H groups in total. The topological polar surface area (TPSA) is 46.2 Å². The van der Waals surface area contributed by atoms with Gasteiger partial charge in [-0.2, -0.15) is 0 Å². The van der Waals surface area contributed by atoms with E-state index in [2.05, 4.69) is 25.5 Å². The Morgan fingerprint density at radius 2 is 1.88 bits per heavy atom. The third-order valence-electron chi connectivity index (χ3n) is 2.08. The highest BCUT2D eigenvalue weighted by Crippen LogP contribution is 2.28. The summed E-state index contributed by atoms with van der Waals surface area (Å²) in [5.41, 5.74) is 1.67. The lowest BCUT2D eigenvalue weighted by atomic mass is 9.88. The lowest BCUT2D eigenvalue weighted by Crippen LogP contribution is -2.11. The van der Waals surface area contributed by atoms with Crippen molar-refractivity contribution in [2.24, 2.45) is 5.41 Å². The van der Waals surface area contributed by atoms with Crippen molar-refractivity contribution in [2.45, 2.75) is 27.2 Å². The van der Waals surface area contributed by atoms with Crippen LogP contribution in [0.5, 0.6) is 0 Å². The predicted octanol–water partition coefficient (Wildman–Crippen LogP) is 3.30. The second kappa shape index (κ2) is 4.86. The summed E-state index contributed by atoms with van der Waals surface area (Å²) in [5, 5.41) is 0.591. The molecule has 1 rings (SSSR count). The van der Waals surface area contributed by atoms with Gasteiger partial charge in [-0.05, 0) is 29.5 Å². The molecule has 0 aliphatic heterocycles. The minimum atomic E-state index is -3.25. The van der Waals surface area contributed by atoms with Gasteiger partial charge in [0.1, 0.15) is 0 Å². The average molecular weight is 276 g/mol. The largest absolute Gasteiger partial charge is 0.284 e. The van der Waals surface area contributed by atoms with Crippen LogP contribution in [0.1, 0.15) is 26.3 Å². The Hall–Kier alpha value is -0.740. The average Bonchev–Trinajstić information content (AvgIpc) is 2.05. The van der Waals surface area contributed by atoms with Crippen molar-refractivity contribution >= 4 is 27.3 Å². The van der Waals surface area contributed by atoms with Crippen LogP contribution in [0.25, 0.3) is 0 Å². The van der Waals surface area contributed by atoms with Gasteiger partial charge in [0.2, 0.25) is 10.0 Å². The summed E-state index contributed by atoms with van der Waals surface area (Å²) in [7, 11) is -3.25. The highest BCUT2D eigenvalue weighted by Gasteiger charge is 2.14. The minimum absolute atomic E-state index is 0.148. The van der Waals surface area contributed by atoms with Crippen LogP contribution >= 0.6 is 11.6 Å². The maximum Gasteiger partial charge on any atom is 0.229 e. The van der Waals surface area contributed by atoms with E-state index in [-0.39, 0.29) is 5.41 Å². The molecule has 0 spiro atoms. The third-order valence-corrected chi connectivity index (χ3v) is 3.04. The Morgan fingerprint density at radius 1 is 1.29 bits per heavy atom. The Labute approximate surface area is 108 Å². The van der Waals surface area contributed by atoms with E-state index < -0.39 is 10.0 Å². The number of benzene rings is 1. The molecule has 0 heterocycles. The molecule has 1 aromatic rings. The molecule has 0 amide bonds. The van der Waals surface area contributed by atoms with E-state index in [1.807, 2.05) is 6.07 Å². The van der Waals surface area contributed by atoms with Gasteiger partial charge in [0, 0.05) is 10.7 Å². The molecular formula is C12H18ClNO2S. The maximum atomic E-state index is 11.1. The number of hydrogen-bond donors (Lipinski definition) is 1. The third kappa shape index (κ3) is 5.41. The normalized spacial score (nSPS) is 12.5. The quantitative estimate of drug-likeness (QED) is 0.920. The predicted molar refractivity (Wildman–Crippen MR) is 73.1 cm³/mol. The van der Waals surface area contributed by atoms with Crippen LogP contribution in [-0.4, -0.2) is 14.7 Å². The van der Waals surface area contributed by atoms with E-state index in [1.54, 1.807) is 12.1 Å². The Balaban J connectivity index is 2.94. The van der Waals surface area contributed by atoms with Gasteiger partial charge < -0.3 is 0 Å². The van der Waals surface area contributed by atoms with Gasteiger partial charge in [-0.3, -0.25) is 4.72 Å². The molecule has 0 atom stereocenters. The van der Waals surface area contributed by atoms with E-state index in [9.17, 15) is 8.42 Å². The van der Waals surface area contributed by atoms with Crippen molar-refractivity contribution in [3.8, 4) is 0 Å². The van der Waals surface area contributed by atoms with Crippen molar-refractivity contribution < 1.29 is 8.42 Å². The molecule has 0 fully saturated rings. The first-order valence-corrected chi connectivity index (χ1v) is 7.60. The monoisotopic (exact) mass is 275 g/mol. The first-order valence-electron chi connectivity index (χ1n) is 5.33. The lowest BCUT2D eigenvalue weighted by Gasteiger charge is -2.19. The number of halogens is 1. The molecule has 0 saturated heterocycles. The molecule has 0 aliphatic carbocycles. The molecule has 0 bridgehead atoms. The molecule has 96 valence electrons. The van der Waals surface area contributed by atoms with E-state index in [4.69, 9.17) is 11.6 Å². The molecule has 1 aromatic carbocycles. The molecule has 0 aliphatic rings. The Bertz CT molecular complexity index is 504. The molecule has 0 unspecified atom stereocenters. The maximum absolute atomic E-state index is 11.1. The summed E-state index contributed by atoms with van der Waals surface area (Å²) in [6.07, 6.45) is 1.97. The van der Waals surface area contributed by atoms with Gasteiger partial charge in [0.15, 0.2) is 0 Å². The smallest absolute Gasteiger partial charge is 0.229 e. The van der Waals surface area contributed by atoms with Crippen LogP contribution < -0.4 is 4.72 Å². The van der Waals surface area contributed by atoms with Crippen LogP contribution in [0.3, 0.4) is 0 Å². The Morgan fingerprint density at radius 3 is 2.29 bits per heavy atom. The fourth-order valence-corrected chi connectivity index (χ4v) is 2.34. The van der Waals surface area contributed by atoms with E-state index in [0.717, 1.165) is 18.2 Å². The van der Waals surface area contributed by atoms with E-state index >= 15 is 0 Å². The van der Waals surface area contributed by atoms with Crippen LogP contribution in [0.15, 0.2) is 18.2 Å². The van der Waals surface area contributed by atoms with Gasteiger partial charge in [0.05, 0.1) is 6.26 Å². The molecule has 0 aromatic heterocycles. The zero-order valence-electron chi connectivity index (χ0n) is 10.5. The van der Waals surface area contributed by atoms with Crippen molar-refractivity contribution in [2.75, 3.05) is 11.0 Å². The summed E-state index contributed by atoms with van der Waals surface area (Å²) in [5.74, 6) is 0. The number of nitrogens with one attached hydrogen (secondary N) is 1. The number of rotatable bonds is 3. The first-order chi connectivity index (χ1) is 7.57. The van der Waals surface area contributed by atoms with E-state index in [1.165, 1.54) is 0 Å². The fourth-order valence-electron chi connectivity index (χ4n) is 1.54. The number of hydrogen-bond acceptors (Lipinski definition) is 2. The molecule has 0 radical (unpaired) electrons. The summed E-state index contributed by atoms with van der Waals surface area (Å²) >= 11 is 6.13. The summed E-state index contributed by atoms with van der Waals surface area (Å²) in [6, 6.07) is 5.23. The second-order valence-electron chi connectivity index (χ2n) is 5.42. The second-order valence-corrected chi connectivity index (χ2v) is 7.57. The van der Waals surface area contributed by atoms with Gasteiger partial charge in [-0.25, -0.2) is 8.42 Å². The molecule has 5 heteroatoms. The lowest BCUT2D eigenvalue weighted by molar-refractivity contribution is 0.411. The van der Waals surface area contributed by atoms with Gasteiger partial charge in [-0.15, -0.1) is 0 Å². The SMILES string of the molecule is CC(C)(C)Cc1ccc(NS(C)(=O)=O)cc1Cl. The number of sulfonamides is 1. The number of anilines is 1. The van der Waals surface area contributed by atoms with Crippen LogP contribution in [0.4, 0.5) is 5.69 Å². The summed E-state index contributed by atoms with van der Waals surface area (Å²) < 4.78 is 24.5. The molecule has 17 heavy (non-hydrogen) atoms. The van der Waals surface area contributed by atoms with Crippen molar-refractivity contribution in [1.29, 1.82) is 0 Å². The van der Waals surface area contributed by atoms with Crippen molar-refractivity contribution in [3.05, 3.63) is 28.8 Å². The zero-order chi connectivity index (χ0) is 13.3. The fraction of sp³-hybridized carbons (Fsp3) is 0.500. The zero-order valence-corrected chi connectivity index (χ0v) is 12.1.